The zero-order valence-corrected chi connectivity index (χ0v) is 16.2. The normalized spacial score (nSPS) is 19.5. The number of aromatic nitrogens is 2. The number of nitrogens with zero attached hydrogens (tertiary/aromatic N) is 4. The van der Waals surface area contributed by atoms with Crippen molar-refractivity contribution >= 4 is 11.8 Å². The van der Waals surface area contributed by atoms with Crippen molar-refractivity contribution in [3.05, 3.63) is 47.6 Å². The van der Waals surface area contributed by atoms with Crippen LogP contribution in [0.4, 0.5) is 0 Å². The summed E-state index contributed by atoms with van der Waals surface area (Å²) in [5.74, 6) is 1.59. The molecule has 4 rings (SSSR count). The summed E-state index contributed by atoms with van der Waals surface area (Å²) in [6, 6.07) is 9.73. The van der Waals surface area contributed by atoms with Crippen LogP contribution in [0.1, 0.15) is 48.9 Å². The quantitative estimate of drug-likeness (QED) is 0.766. The number of benzene rings is 1. The standard InChI is InChI=1S/C21H26N4O3/c1-24(14-18-22-20(28-23-18)16-9-10-16)21(27)17-8-5-11-25(13-17)19(26)12-15-6-3-2-4-7-15/h2-4,6-7,16-17H,5,8-14H2,1H3. The highest BCUT2D eigenvalue weighted by atomic mass is 16.5. The lowest BCUT2D eigenvalue weighted by Crippen LogP contribution is -2.46. The highest BCUT2D eigenvalue weighted by Crippen LogP contribution is 2.38. The molecule has 7 nitrogen and oxygen atoms in total. The van der Waals surface area contributed by atoms with Gasteiger partial charge in [-0.1, -0.05) is 35.5 Å². The van der Waals surface area contributed by atoms with Gasteiger partial charge in [-0.2, -0.15) is 4.98 Å². The molecule has 2 heterocycles. The number of piperidine rings is 1. The largest absolute Gasteiger partial charge is 0.342 e. The number of amides is 2. The summed E-state index contributed by atoms with van der Waals surface area (Å²) >= 11 is 0. The van der Waals surface area contributed by atoms with Crippen LogP contribution < -0.4 is 0 Å². The van der Waals surface area contributed by atoms with Crippen LogP contribution in [-0.4, -0.2) is 51.9 Å². The number of rotatable bonds is 6. The van der Waals surface area contributed by atoms with E-state index in [0.717, 1.165) is 37.8 Å². The van der Waals surface area contributed by atoms with Gasteiger partial charge in [0.2, 0.25) is 17.7 Å². The van der Waals surface area contributed by atoms with Crippen LogP contribution in [-0.2, 0) is 22.6 Å². The number of carbonyl (C=O) groups is 2. The van der Waals surface area contributed by atoms with Crippen molar-refractivity contribution < 1.29 is 14.1 Å². The Balaban J connectivity index is 1.32. The molecule has 0 spiro atoms. The van der Waals surface area contributed by atoms with Gasteiger partial charge in [-0.3, -0.25) is 9.59 Å². The van der Waals surface area contributed by atoms with Gasteiger partial charge >= 0.3 is 0 Å². The maximum Gasteiger partial charge on any atom is 0.229 e. The van der Waals surface area contributed by atoms with E-state index in [2.05, 4.69) is 10.1 Å². The Bertz CT molecular complexity index is 831. The molecule has 1 aromatic carbocycles. The van der Waals surface area contributed by atoms with Gasteiger partial charge in [0, 0.05) is 26.1 Å². The van der Waals surface area contributed by atoms with Crippen molar-refractivity contribution in [1.82, 2.24) is 19.9 Å². The Morgan fingerprint density at radius 1 is 1.21 bits per heavy atom. The molecule has 0 bridgehead atoms. The summed E-state index contributed by atoms with van der Waals surface area (Å²) in [4.78, 5) is 33.4. The number of carbonyl (C=O) groups excluding carboxylic acids is 2. The zero-order valence-electron chi connectivity index (χ0n) is 16.2. The summed E-state index contributed by atoms with van der Waals surface area (Å²) in [6.07, 6.45) is 4.23. The average molecular weight is 382 g/mol. The van der Waals surface area contributed by atoms with Crippen LogP contribution >= 0.6 is 0 Å². The highest BCUT2D eigenvalue weighted by molar-refractivity contribution is 5.82. The molecule has 0 N–H and O–H groups in total. The maximum absolute atomic E-state index is 12.9. The lowest BCUT2D eigenvalue weighted by molar-refractivity contribution is -0.140. The molecule has 1 aromatic heterocycles. The number of hydrogen-bond donors (Lipinski definition) is 0. The first-order valence-electron chi connectivity index (χ1n) is 9.99. The van der Waals surface area contributed by atoms with E-state index in [4.69, 9.17) is 4.52 Å². The SMILES string of the molecule is CN(Cc1noc(C2CC2)n1)C(=O)C1CCCN(C(=O)Cc2ccccc2)C1. The van der Waals surface area contributed by atoms with Crippen molar-refractivity contribution in [2.24, 2.45) is 5.92 Å². The molecule has 1 saturated heterocycles. The summed E-state index contributed by atoms with van der Waals surface area (Å²) in [7, 11) is 1.76. The molecule has 1 aliphatic carbocycles. The lowest BCUT2D eigenvalue weighted by Gasteiger charge is -2.34. The van der Waals surface area contributed by atoms with Crippen molar-refractivity contribution in [3.8, 4) is 0 Å². The lowest BCUT2D eigenvalue weighted by atomic mass is 9.96. The molecular formula is C21H26N4O3. The molecule has 1 atom stereocenters. The van der Waals surface area contributed by atoms with Crippen molar-refractivity contribution in [2.75, 3.05) is 20.1 Å². The van der Waals surface area contributed by atoms with Crippen LogP contribution in [0.15, 0.2) is 34.9 Å². The molecule has 2 aromatic rings. The molecule has 1 saturated carbocycles. The van der Waals surface area contributed by atoms with Crippen LogP contribution in [0.5, 0.6) is 0 Å². The maximum atomic E-state index is 12.9. The minimum absolute atomic E-state index is 0.0370. The predicted octanol–water partition coefficient (Wildman–Crippen LogP) is 2.39. The van der Waals surface area contributed by atoms with Gasteiger partial charge in [-0.25, -0.2) is 0 Å². The minimum Gasteiger partial charge on any atom is -0.342 e. The van der Waals surface area contributed by atoms with Crippen LogP contribution in [0.2, 0.25) is 0 Å². The van der Waals surface area contributed by atoms with Gasteiger partial charge in [0.25, 0.3) is 0 Å². The molecular weight excluding hydrogens is 356 g/mol. The second-order valence-electron chi connectivity index (χ2n) is 7.86. The summed E-state index contributed by atoms with van der Waals surface area (Å²) in [5, 5.41) is 3.99. The Morgan fingerprint density at radius 2 is 2.00 bits per heavy atom. The second kappa shape index (κ2) is 8.12. The minimum atomic E-state index is -0.173. The van der Waals surface area contributed by atoms with E-state index in [0.29, 0.717) is 37.1 Å². The smallest absolute Gasteiger partial charge is 0.229 e. The third-order valence-corrected chi connectivity index (χ3v) is 5.49. The topological polar surface area (TPSA) is 79.5 Å². The fourth-order valence-corrected chi connectivity index (χ4v) is 3.72. The first-order valence-corrected chi connectivity index (χ1v) is 9.99. The van der Waals surface area contributed by atoms with Crippen LogP contribution in [0, 0.1) is 5.92 Å². The monoisotopic (exact) mass is 382 g/mol. The summed E-state index contributed by atoms with van der Waals surface area (Å²) in [5.41, 5.74) is 1.00. The molecule has 2 aliphatic rings. The van der Waals surface area contributed by atoms with E-state index in [1.807, 2.05) is 35.2 Å². The number of likely N-dealkylation sites (tertiary alicyclic amines) is 1. The molecule has 2 fully saturated rings. The first kappa shape index (κ1) is 18.7. The molecule has 2 amide bonds. The second-order valence-corrected chi connectivity index (χ2v) is 7.86. The van der Waals surface area contributed by atoms with E-state index < -0.39 is 0 Å². The third kappa shape index (κ3) is 4.40. The van der Waals surface area contributed by atoms with E-state index in [1.54, 1.807) is 11.9 Å². The van der Waals surface area contributed by atoms with Gasteiger partial charge < -0.3 is 14.3 Å². The first-order chi connectivity index (χ1) is 13.6. The van der Waals surface area contributed by atoms with E-state index in [9.17, 15) is 9.59 Å². The van der Waals surface area contributed by atoms with Crippen LogP contribution in [0.3, 0.4) is 0 Å². The van der Waals surface area contributed by atoms with Gasteiger partial charge in [-0.15, -0.1) is 0 Å². The molecule has 0 radical (unpaired) electrons. The zero-order chi connectivity index (χ0) is 19.5. The summed E-state index contributed by atoms with van der Waals surface area (Å²) in [6.45, 7) is 1.53. The number of hydrogen-bond acceptors (Lipinski definition) is 5. The van der Waals surface area contributed by atoms with Crippen molar-refractivity contribution in [1.29, 1.82) is 0 Å². The third-order valence-electron chi connectivity index (χ3n) is 5.49. The molecule has 148 valence electrons. The fraction of sp³-hybridized carbons (Fsp3) is 0.524. The van der Waals surface area contributed by atoms with Gasteiger partial charge in [0.15, 0.2) is 5.82 Å². The average Bonchev–Trinajstić information content (AvgIpc) is 3.47. The van der Waals surface area contributed by atoms with Gasteiger partial charge in [0.05, 0.1) is 18.9 Å². The van der Waals surface area contributed by atoms with Crippen molar-refractivity contribution in [2.45, 2.75) is 44.6 Å². The predicted molar refractivity (Wildman–Crippen MR) is 102 cm³/mol. The van der Waals surface area contributed by atoms with Gasteiger partial charge in [-0.05, 0) is 31.2 Å². The Labute approximate surface area is 164 Å². The highest BCUT2D eigenvalue weighted by Gasteiger charge is 2.32. The Morgan fingerprint density at radius 3 is 2.75 bits per heavy atom. The summed E-state index contributed by atoms with van der Waals surface area (Å²) < 4.78 is 5.27. The van der Waals surface area contributed by atoms with E-state index >= 15 is 0 Å². The Kier molecular flexibility index (Phi) is 5.41. The van der Waals surface area contributed by atoms with E-state index in [-0.39, 0.29) is 17.7 Å². The van der Waals surface area contributed by atoms with Crippen LogP contribution in [0.25, 0.3) is 0 Å². The molecule has 28 heavy (non-hydrogen) atoms. The molecule has 1 aliphatic heterocycles. The Hall–Kier alpha value is -2.70. The fourth-order valence-electron chi connectivity index (χ4n) is 3.72. The van der Waals surface area contributed by atoms with Gasteiger partial charge in [0.1, 0.15) is 0 Å². The molecule has 1 unspecified atom stereocenters. The van der Waals surface area contributed by atoms with E-state index in [1.165, 1.54) is 0 Å². The van der Waals surface area contributed by atoms with Crippen molar-refractivity contribution in [3.63, 3.8) is 0 Å². The molecule has 7 heteroatoms.